The van der Waals surface area contributed by atoms with Crippen molar-refractivity contribution in [3.8, 4) is 0 Å². The molecule has 6 heteroatoms. The maximum Gasteiger partial charge on any atom is 0.338 e. The number of fused-ring (bicyclic) bond motifs is 1. The maximum absolute atomic E-state index is 11.5. The molecule has 1 aliphatic heterocycles. The Morgan fingerprint density at radius 3 is 2.67 bits per heavy atom. The average molecular weight is 227 g/mol. The van der Waals surface area contributed by atoms with Gasteiger partial charge in [0.2, 0.25) is 0 Å². The van der Waals surface area contributed by atoms with Crippen molar-refractivity contribution in [2.75, 3.05) is 11.5 Å². The van der Waals surface area contributed by atoms with Gasteiger partial charge in [0, 0.05) is 5.69 Å². The van der Waals surface area contributed by atoms with E-state index in [4.69, 9.17) is 10.8 Å². The predicted molar refractivity (Wildman–Crippen MR) is 53.6 cm³/mol. The molecule has 1 aliphatic rings. The zero-order valence-corrected chi connectivity index (χ0v) is 8.54. The normalized spacial score (nSPS) is 17.3. The van der Waals surface area contributed by atoms with Crippen LogP contribution in [0.25, 0.3) is 0 Å². The minimum absolute atomic E-state index is 0.0356. The molecule has 0 amide bonds. The molecule has 0 fully saturated rings. The van der Waals surface area contributed by atoms with Gasteiger partial charge >= 0.3 is 5.97 Å². The van der Waals surface area contributed by atoms with Gasteiger partial charge in [0.15, 0.2) is 9.84 Å². The molecule has 0 saturated heterocycles. The lowest BCUT2D eigenvalue weighted by molar-refractivity contribution is 0.0696. The van der Waals surface area contributed by atoms with Crippen LogP contribution in [0.2, 0.25) is 0 Å². The van der Waals surface area contributed by atoms with Crippen LogP contribution in [0, 0.1) is 0 Å². The van der Waals surface area contributed by atoms with E-state index in [-0.39, 0.29) is 28.3 Å². The topological polar surface area (TPSA) is 97.5 Å². The van der Waals surface area contributed by atoms with Gasteiger partial charge in [0.05, 0.1) is 16.2 Å². The quantitative estimate of drug-likeness (QED) is 0.672. The molecule has 0 spiro atoms. The van der Waals surface area contributed by atoms with Crippen LogP contribution < -0.4 is 5.73 Å². The predicted octanol–water partition coefficient (Wildman–Crippen LogP) is 0.297. The van der Waals surface area contributed by atoms with Crippen LogP contribution >= 0.6 is 0 Å². The molecule has 0 atom stereocenters. The van der Waals surface area contributed by atoms with E-state index < -0.39 is 15.8 Å². The Bertz CT molecular complexity index is 547. The second-order valence-electron chi connectivity index (χ2n) is 3.38. The largest absolute Gasteiger partial charge is 0.478 e. The van der Waals surface area contributed by atoms with Crippen LogP contribution in [0.3, 0.4) is 0 Å². The standard InChI is InChI=1S/C9H9NO4S/c10-6-1-2-7-5(8(6)9(11)12)3-4-15(7,13)14/h1-2H,3-4,10H2,(H,11,12). The average Bonchev–Trinajstić information content (AvgIpc) is 2.41. The summed E-state index contributed by atoms with van der Waals surface area (Å²) in [5, 5.41) is 8.93. The summed E-state index contributed by atoms with van der Waals surface area (Å²) in [4.78, 5) is 11.0. The smallest absolute Gasteiger partial charge is 0.338 e. The van der Waals surface area contributed by atoms with Crippen molar-refractivity contribution < 1.29 is 18.3 Å². The highest BCUT2D eigenvalue weighted by atomic mass is 32.2. The Labute approximate surface area is 86.4 Å². The summed E-state index contributed by atoms with van der Waals surface area (Å²) in [6.45, 7) is 0. The third-order valence-corrected chi connectivity index (χ3v) is 4.27. The molecule has 0 unspecified atom stereocenters. The zero-order chi connectivity index (χ0) is 11.2. The number of anilines is 1. The molecule has 1 heterocycles. The van der Waals surface area contributed by atoms with Crippen LogP contribution in [-0.4, -0.2) is 25.2 Å². The summed E-state index contributed by atoms with van der Waals surface area (Å²) in [6, 6.07) is 2.70. The van der Waals surface area contributed by atoms with E-state index in [1.807, 2.05) is 0 Å². The van der Waals surface area contributed by atoms with Gasteiger partial charge in [-0.3, -0.25) is 0 Å². The van der Waals surface area contributed by atoms with Gasteiger partial charge in [0.25, 0.3) is 0 Å². The molecule has 2 rings (SSSR count). The van der Waals surface area contributed by atoms with Crippen LogP contribution in [0.4, 0.5) is 5.69 Å². The third kappa shape index (κ3) is 1.37. The number of aromatic carboxylic acids is 1. The van der Waals surface area contributed by atoms with Gasteiger partial charge in [-0.1, -0.05) is 0 Å². The summed E-state index contributed by atoms with van der Waals surface area (Å²) >= 11 is 0. The van der Waals surface area contributed by atoms with Gasteiger partial charge < -0.3 is 10.8 Å². The van der Waals surface area contributed by atoms with Gasteiger partial charge in [-0.05, 0) is 24.1 Å². The first-order valence-electron chi connectivity index (χ1n) is 4.31. The van der Waals surface area contributed by atoms with Gasteiger partial charge in [0.1, 0.15) is 0 Å². The number of hydrogen-bond donors (Lipinski definition) is 2. The highest BCUT2D eigenvalue weighted by Crippen LogP contribution is 2.31. The second-order valence-corrected chi connectivity index (χ2v) is 5.46. The molecule has 0 bridgehead atoms. The number of nitrogen functional groups attached to an aromatic ring is 1. The van der Waals surface area contributed by atoms with Crippen LogP contribution in [-0.2, 0) is 16.3 Å². The molecule has 0 saturated carbocycles. The Morgan fingerprint density at radius 2 is 2.07 bits per heavy atom. The van der Waals surface area contributed by atoms with Crippen molar-refractivity contribution in [1.82, 2.24) is 0 Å². The monoisotopic (exact) mass is 227 g/mol. The number of hydrogen-bond acceptors (Lipinski definition) is 4. The molecule has 15 heavy (non-hydrogen) atoms. The number of nitrogens with two attached hydrogens (primary N) is 1. The first-order valence-corrected chi connectivity index (χ1v) is 5.96. The van der Waals surface area contributed by atoms with E-state index in [1.54, 1.807) is 0 Å². The molecular formula is C9H9NO4S. The number of carboxylic acids is 1. The lowest BCUT2D eigenvalue weighted by atomic mass is 10.0. The Kier molecular flexibility index (Phi) is 1.97. The van der Waals surface area contributed by atoms with Crippen LogP contribution in [0.5, 0.6) is 0 Å². The van der Waals surface area contributed by atoms with Crippen molar-refractivity contribution in [2.24, 2.45) is 0 Å². The minimum Gasteiger partial charge on any atom is -0.478 e. The molecule has 0 aliphatic carbocycles. The Balaban J connectivity index is 2.80. The van der Waals surface area contributed by atoms with E-state index in [9.17, 15) is 13.2 Å². The number of rotatable bonds is 1. The van der Waals surface area contributed by atoms with Gasteiger partial charge in [-0.15, -0.1) is 0 Å². The first kappa shape index (κ1) is 9.97. The fraction of sp³-hybridized carbons (Fsp3) is 0.222. The third-order valence-electron chi connectivity index (χ3n) is 2.47. The number of sulfone groups is 1. The van der Waals surface area contributed by atoms with Crippen molar-refractivity contribution in [3.63, 3.8) is 0 Å². The van der Waals surface area contributed by atoms with E-state index >= 15 is 0 Å². The van der Waals surface area contributed by atoms with Crippen molar-refractivity contribution >= 4 is 21.5 Å². The lowest BCUT2D eigenvalue weighted by Gasteiger charge is -2.05. The van der Waals surface area contributed by atoms with E-state index in [0.29, 0.717) is 5.56 Å². The molecule has 5 nitrogen and oxygen atoms in total. The Hall–Kier alpha value is -1.56. The lowest BCUT2D eigenvalue weighted by Crippen LogP contribution is -2.07. The number of benzene rings is 1. The molecule has 80 valence electrons. The molecule has 3 N–H and O–H groups in total. The molecule has 0 aromatic heterocycles. The molecule has 1 aromatic carbocycles. The molecule has 1 aromatic rings. The fourth-order valence-electron chi connectivity index (χ4n) is 1.79. The number of carboxylic acid groups (broad SMARTS) is 1. The van der Waals surface area contributed by atoms with Gasteiger partial charge in [-0.25, -0.2) is 13.2 Å². The fourth-order valence-corrected chi connectivity index (χ4v) is 3.33. The molecular weight excluding hydrogens is 218 g/mol. The zero-order valence-electron chi connectivity index (χ0n) is 7.73. The summed E-state index contributed by atoms with van der Waals surface area (Å²) < 4.78 is 23.0. The summed E-state index contributed by atoms with van der Waals surface area (Å²) in [6.07, 6.45) is 0.227. The first-order chi connectivity index (χ1) is 6.93. The van der Waals surface area contributed by atoms with Crippen LogP contribution in [0.1, 0.15) is 15.9 Å². The highest BCUT2D eigenvalue weighted by molar-refractivity contribution is 7.91. The van der Waals surface area contributed by atoms with E-state index in [1.165, 1.54) is 12.1 Å². The van der Waals surface area contributed by atoms with Gasteiger partial charge in [-0.2, -0.15) is 0 Å². The minimum atomic E-state index is -3.30. The van der Waals surface area contributed by atoms with E-state index in [0.717, 1.165) is 0 Å². The number of carbonyl (C=O) groups is 1. The van der Waals surface area contributed by atoms with Crippen molar-refractivity contribution in [1.29, 1.82) is 0 Å². The summed E-state index contributed by atoms with van der Waals surface area (Å²) in [5.74, 6) is -1.21. The Morgan fingerprint density at radius 1 is 1.40 bits per heavy atom. The molecule has 0 radical (unpaired) electrons. The second kappa shape index (κ2) is 2.96. The van der Waals surface area contributed by atoms with Crippen molar-refractivity contribution in [3.05, 3.63) is 23.3 Å². The van der Waals surface area contributed by atoms with E-state index in [2.05, 4.69) is 0 Å². The van der Waals surface area contributed by atoms with Crippen molar-refractivity contribution in [2.45, 2.75) is 11.3 Å². The summed E-state index contributed by atoms with van der Waals surface area (Å²) in [7, 11) is -3.30. The van der Waals surface area contributed by atoms with Crippen LogP contribution in [0.15, 0.2) is 17.0 Å². The summed E-state index contributed by atoms with van der Waals surface area (Å²) in [5.41, 5.74) is 5.88. The maximum atomic E-state index is 11.5. The highest BCUT2D eigenvalue weighted by Gasteiger charge is 2.31. The SMILES string of the molecule is Nc1ccc2c(c1C(=O)O)CCS2(=O)=O.